The summed E-state index contributed by atoms with van der Waals surface area (Å²) < 4.78 is 18.3. The first kappa shape index (κ1) is 17.2. The highest BCUT2D eigenvalue weighted by atomic mass is 28.3. The monoisotopic (exact) mass is 334 g/mol. The maximum Gasteiger partial charge on any atom is 0.123 e. The maximum atomic E-state index is 13.1. The minimum absolute atomic E-state index is 0.109. The van der Waals surface area contributed by atoms with E-state index in [1.54, 1.807) is 24.2 Å². The second-order valence-corrected chi connectivity index (χ2v) is 12.9. The van der Waals surface area contributed by atoms with E-state index >= 15 is 0 Å². The Morgan fingerprint density at radius 2 is 1.61 bits per heavy atom. The van der Waals surface area contributed by atoms with Gasteiger partial charge in [-0.15, -0.1) is 0 Å². The smallest absolute Gasteiger partial charge is 0.123 e. The van der Waals surface area contributed by atoms with Crippen LogP contribution in [-0.4, -0.2) is 21.8 Å². The zero-order valence-electron chi connectivity index (χ0n) is 14.5. The average Bonchev–Trinajstić information content (AvgIpc) is 2.59. The second kappa shape index (κ2) is 7.93. The molecule has 0 bridgehead atoms. The molecule has 23 heavy (non-hydrogen) atoms. The fourth-order valence-electron chi connectivity index (χ4n) is 4.89. The van der Waals surface area contributed by atoms with Crippen molar-refractivity contribution in [1.82, 2.24) is 0 Å². The summed E-state index contributed by atoms with van der Waals surface area (Å²) in [5.41, 5.74) is 1.36. The Balaban J connectivity index is 1.46. The highest BCUT2D eigenvalue weighted by molar-refractivity contribution is 6.80. The Hall–Kier alpha value is -0.673. The molecule has 2 fully saturated rings. The van der Waals surface area contributed by atoms with Gasteiger partial charge in [-0.3, -0.25) is 0 Å². The molecule has 0 aliphatic carbocycles. The molecule has 1 aromatic carbocycles. The van der Waals surface area contributed by atoms with Crippen LogP contribution in [0.25, 0.3) is 0 Å². The highest BCUT2D eigenvalue weighted by Crippen LogP contribution is 2.47. The van der Waals surface area contributed by atoms with Gasteiger partial charge in [0, 0.05) is 13.7 Å². The van der Waals surface area contributed by atoms with E-state index in [0.717, 1.165) is 12.5 Å². The Kier molecular flexibility index (Phi) is 5.92. The predicted molar refractivity (Wildman–Crippen MR) is 97.2 cm³/mol. The van der Waals surface area contributed by atoms with Crippen LogP contribution >= 0.6 is 0 Å². The Labute approximate surface area is 141 Å². The van der Waals surface area contributed by atoms with Crippen molar-refractivity contribution >= 4 is 8.07 Å². The fourth-order valence-corrected chi connectivity index (χ4v) is 10.4. The van der Waals surface area contributed by atoms with Crippen molar-refractivity contribution in [3.05, 3.63) is 35.6 Å². The molecule has 1 nitrogen and oxygen atoms in total. The summed E-state index contributed by atoms with van der Waals surface area (Å²) in [7, 11) is 0.858. The molecule has 0 amide bonds. The summed E-state index contributed by atoms with van der Waals surface area (Å²) >= 11 is 0. The molecule has 0 radical (unpaired) electrons. The van der Waals surface area contributed by atoms with E-state index in [9.17, 15) is 4.39 Å². The number of benzene rings is 1. The molecule has 1 spiro atoms. The second-order valence-electron chi connectivity index (χ2n) is 7.90. The van der Waals surface area contributed by atoms with Crippen molar-refractivity contribution in [1.29, 1.82) is 0 Å². The summed E-state index contributed by atoms with van der Waals surface area (Å²) in [6, 6.07) is 13.4. The van der Waals surface area contributed by atoms with Crippen LogP contribution in [0.3, 0.4) is 0 Å². The van der Waals surface area contributed by atoms with Crippen molar-refractivity contribution in [3.63, 3.8) is 0 Å². The van der Waals surface area contributed by atoms with Crippen LogP contribution in [0, 0.1) is 11.7 Å². The summed E-state index contributed by atoms with van der Waals surface area (Å²) in [4.78, 5) is 0. The SMILES string of the molecule is COCCCC1CC[Si]2(CC1)CCC(c1ccc(F)cc1)CC2. The molecule has 0 N–H and O–H groups in total. The number of hydrogen-bond donors (Lipinski definition) is 0. The van der Waals surface area contributed by atoms with Crippen LogP contribution in [-0.2, 0) is 4.74 Å². The van der Waals surface area contributed by atoms with Gasteiger partial charge in [0.25, 0.3) is 0 Å². The Bertz CT molecular complexity index is 469. The molecule has 1 aromatic rings. The van der Waals surface area contributed by atoms with Crippen LogP contribution in [0.4, 0.5) is 4.39 Å². The normalized spacial score (nSPS) is 31.4. The van der Waals surface area contributed by atoms with Crippen LogP contribution in [0.1, 0.15) is 50.0 Å². The Morgan fingerprint density at radius 1 is 1.00 bits per heavy atom. The molecule has 3 rings (SSSR count). The lowest BCUT2D eigenvalue weighted by atomic mass is 9.93. The zero-order chi connectivity index (χ0) is 16.1. The highest BCUT2D eigenvalue weighted by Gasteiger charge is 2.40. The fraction of sp³-hybridized carbons (Fsp3) is 0.700. The van der Waals surface area contributed by atoms with Gasteiger partial charge < -0.3 is 4.74 Å². The van der Waals surface area contributed by atoms with Crippen molar-refractivity contribution in [2.45, 2.75) is 68.6 Å². The average molecular weight is 335 g/mol. The van der Waals surface area contributed by atoms with Crippen LogP contribution in [0.15, 0.2) is 24.3 Å². The predicted octanol–water partition coefficient (Wildman–Crippen LogP) is 5.99. The summed E-state index contributed by atoms with van der Waals surface area (Å²) in [5.74, 6) is 1.55. The molecular weight excluding hydrogens is 303 g/mol. The maximum absolute atomic E-state index is 13.1. The van der Waals surface area contributed by atoms with Crippen molar-refractivity contribution in [3.8, 4) is 0 Å². The summed E-state index contributed by atoms with van der Waals surface area (Å²) in [6.45, 7) is 0.929. The van der Waals surface area contributed by atoms with Gasteiger partial charge in [0.05, 0.1) is 8.07 Å². The minimum atomic E-state index is -0.950. The van der Waals surface area contributed by atoms with E-state index in [1.807, 2.05) is 19.2 Å². The third-order valence-corrected chi connectivity index (χ3v) is 11.9. The lowest BCUT2D eigenvalue weighted by Crippen LogP contribution is -2.41. The summed E-state index contributed by atoms with van der Waals surface area (Å²) in [6.07, 6.45) is 8.28. The number of halogens is 1. The van der Waals surface area contributed by atoms with Gasteiger partial charge in [0.15, 0.2) is 0 Å². The van der Waals surface area contributed by atoms with Crippen molar-refractivity contribution in [2.75, 3.05) is 13.7 Å². The van der Waals surface area contributed by atoms with E-state index in [1.165, 1.54) is 56.2 Å². The largest absolute Gasteiger partial charge is 0.385 e. The van der Waals surface area contributed by atoms with E-state index in [2.05, 4.69) is 0 Å². The lowest BCUT2D eigenvalue weighted by molar-refractivity contribution is 0.185. The van der Waals surface area contributed by atoms with Gasteiger partial charge in [-0.25, -0.2) is 4.39 Å². The number of methoxy groups -OCH3 is 1. The summed E-state index contributed by atoms with van der Waals surface area (Å²) in [5, 5.41) is 0. The molecule has 128 valence electrons. The standard InChI is InChI=1S/C20H31FOSi/c1-22-12-2-3-17-8-13-23(14-9-17)15-10-19(11-16-23)18-4-6-20(21)7-5-18/h4-7,17,19H,2-3,8-16H2,1H3. The molecule has 0 aromatic heterocycles. The first-order valence-corrected chi connectivity index (χ1v) is 12.3. The number of hydrogen-bond acceptors (Lipinski definition) is 1. The minimum Gasteiger partial charge on any atom is -0.385 e. The van der Waals surface area contributed by atoms with E-state index in [4.69, 9.17) is 4.74 Å². The van der Waals surface area contributed by atoms with Gasteiger partial charge in [0.1, 0.15) is 5.82 Å². The van der Waals surface area contributed by atoms with Gasteiger partial charge >= 0.3 is 0 Å². The van der Waals surface area contributed by atoms with Crippen molar-refractivity contribution < 1.29 is 9.13 Å². The number of ether oxygens (including phenoxy) is 1. The van der Waals surface area contributed by atoms with Gasteiger partial charge in [-0.2, -0.15) is 0 Å². The lowest BCUT2D eigenvalue weighted by Gasteiger charge is -2.43. The topological polar surface area (TPSA) is 9.23 Å². The third kappa shape index (κ3) is 4.45. The Morgan fingerprint density at radius 3 is 2.22 bits per heavy atom. The molecule has 2 saturated heterocycles. The van der Waals surface area contributed by atoms with Gasteiger partial charge in [-0.05, 0) is 55.2 Å². The molecule has 2 heterocycles. The molecule has 0 unspecified atom stereocenters. The van der Waals surface area contributed by atoms with Crippen LogP contribution < -0.4 is 0 Å². The van der Waals surface area contributed by atoms with Gasteiger partial charge in [0.2, 0.25) is 0 Å². The molecule has 2 aliphatic heterocycles. The third-order valence-electron chi connectivity index (χ3n) is 6.51. The molecule has 0 saturated carbocycles. The molecule has 2 aliphatic rings. The number of rotatable bonds is 5. The van der Waals surface area contributed by atoms with Crippen molar-refractivity contribution in [2.24, 2.45) is 5.92 Å². The molecule has 3 heteroatoms. The molecule has 0 atom stereocenters. The zero-order valence-corrected chi connectivity index (χ0v) is 15.5. The van der Waals surface area contributed by atoms with Crippen LogP contribution in [0.5, 0.6) is 0 Å². The van der Waals surface area contributed by atoms with E-state index in [-0.39, 0.29) is 5.82 Å². The van der Waals surface area contributed by atoms with E-state index < -0.39 is 8.07 Å². The quantitative estimate of drug-likeness (QED) is 0.475. The van der Waals surface area contributed by atoms with E-state index in [0.29, 0.717) is 5.92 Å². The first-order valence-electron chi connectivity index (χ1n) is 9.45. The molecular formula is C20H31FOSi. The van der Waals surface area contributed by atoms with Gasteiger partial charge in [-0.1, -0.05) is 49.2 Å². The van der Waals surface area contributed by atoms with Crippen LogP contribution in [0.2, 0.25) is 24.2 Å². The first-order chi connectivity index (χ1) is 11.2.